The molecule has 200 valence electrons. The standard InChI is InChI=1S/C22H31N9O5Si/c1-35-17-10-19(36-18(17)13-32)31-12-14(15-6-3-4-7-16(15)31)11-25-30-22-27-20(26-21(28-22)29-23)24-8-5-9-37(2,33)34/h3-4,6-7,11-12,17-19,32H,5,8-10,13,23H2,1-2H3,(H3,24,26,27,28,29,30)/q-2/t17-,18-,19-/m1/s1. The number of methoxy groups -OCH3 is 1. The van der Waals surface area contributed by atoms with E-state index in [1.54, 1.807) is 13.3 Å². The van der Waals surface area contributed by atoms with Crippen LogP contribution < -0.4 is 31.6 Å². The molecule has 0 saturated carbocycles. The maximum Gasteiger partial charge on any atom is 0.250 e. The Hall–Kier alpha value is -3.18. The molecule has 15 heteroatoms. The highest BCUT2D eigenvalue weighted by Gasteiger charge is 2.36. The fourth-order valence-electron chi connectivity index (χ4n) is 4.19. The van der Waals surface area contributed by atoms with E-state index < -0.39 is 8.56 Å². The van der Waals surface area contributed by atoms with Gasteiger partial charge in [-0.1, -0.05) is 30.8 Å². The number of nitrogen functional groups attached to an aromatic ring is 1. The number of aliphatic hydroxyl groups excluding tert-OH is 1. The van der Waals surface area contributed by atoms with Gasteiger partial charge in [-0.15, -0.1) is 0 Å². The number of anilines is 3. The number of nitrogens with two attached hydrogens (primary N) is 1. The summed E-state index contributed by atoms with van der Waals surface area (Å²) in [5, 5.41) is 17.8. The third-order valence-electron chi connectivity index (χ3n) is 5.97. The van der Waals surface area contributed by atoms with E-state index in [9.17, 15) is 14.7 Å². The van der Waals surface area contributed by atoms with Crippen molar-refractivity contribution in [3.63, 3.8) is 0 Å². The fourth-order valence-corrected chi connectivity index (χ4v) is 5.01. The minimum Gasteiger partial charge on any atom is -0.870 e. The summed E-state index contributed by atoms with van der Waals surface area (Å²) in [6.07, 6.45) is 3.73. The zero-order chi connectivity index (χ0) is 26.4. The number of nitrogens with one attached hydrogen (secondary N) is 3. The largest absolute Gasteiger partial charge is 0.870 e. The Morgan fingerprint density at radius 1 is 1.27 bits per heavy atom. The van der Waals surface area contributed by atoms with Gasteiger partial charge in [0.25, 0.3) is 0 Å². The molecule has 0 aliphatic carbocycles. The number of hydrazone groups is 1. The lowest BCUT2D eigenvalue weighted by molar-refractivity contribution is -0.368. The number of hydrazine groups is 1. The Labute approximate surface area is 214 Å². The van der Waals surface area contributed by atoms with Gasteiger partial charge in [-0.3, -0.25) is 5.43 Å². The quantitative estimate of drug-likeness (QED) is 0.0659. The molecule has 4 rings (SSSR count). The first-order chi connectivity index (χ1) is 17.8. The molecule has 0 bridgehead atoms. The van der Waals surface area contributed by atoms with E-state index in [1.807, 2.05) is 35.0 Å². The monoisotopic (exact) mass is 529 g/mol. The molecule has 6 N–H and O–H groups in total. The number of benzene rings is 1. The highest BCUT2D eigenvalue weighted by molar-refractivity contribution is 6.59. The van der Waals surface area contributed by atoms with Crippen LogP contribution in [0, 0.1) is 0 Å². The lowest BCUT2D eigenvalue weighted by atomic mass is 10.2. The average molecular weight is 530 g/mol. The van der Waals surface area contributed by atoms with Gasteiger partial charge in [0.15, 0.2) is 0 Å². The van der Waals surface area contributed by atoms with Crippen LogP contribution >= 0.6 is 0 Å². The molecule has 0 amide bonds. The van der Waals surface area contributed by atoms with E-state index in [1.165, 1.54) is 6.55 Å². The third-order valence-corrected chi connectivity index (χ3v) is 7.23. The Kier molecular flexibility index (Phi) is 8.65. The summed E-state index contributed by atoms with van der Waals surface area (Å²) < 4.78 is 13.5. The van der Waals surface area contributed by atoms with Gasteiger partial charge in [-0.25, -0.2) is 11.3 Å². The molecule has 1 fully saturated rings. The van der Waals surface area contributed by atoms with Gasteiger partial charge < -0.3 is 34.1 Å². The second kappa shape index (κ2) is 11.9. The van der Waals surface area contributed by atoms with Crippen molar-refractivity contribution in [2.75, 3.05) is 36.4 Å². The second-order valence-corrected chi connectivity index (χ2v) is 11.6. The second-order valence-electron chi connectivity index (χ2n) is 8.82. The number of para-hydroxylation sites is 1. The molecule has 3 aromatic rings. The number of hydrogen-bond donors (Lipinski definition) is 5. The van der Waals surface area contributed by atoms with E-state index in [2.05, 4.69) is 36.2 Å². The third kappa shape index (κ3) is 6.78. The van der Waals surface area contributed by atoms with Crippen molar-refractivity contribution in [3.05, 3.63) is 36.0 Å². The van der Waals surface area contributed by atoms with Gasteiger partial charge >= 0.3 is 0 Å². The first-order valence-corrected chi connectivity index (χ1v) is 14.4. The Balaban J connectivity index is 1.48. The molecule has 2 aromatic heterocycles. The molecule has 3 heterocycles. The van der Waals surface area contributed by atoms with Crippen LogP contribution in [-0.4, -0.2) is 71.9 Å². The average Bonchev–Trinajstić information content (AvgIpc) is 3.47. The van der Waals surface area contributed by atoms with Crippen LogP contribution in [0.1, 0.15) is 24.6 Å². The maximum absolute atomic E-state index is 11.4. The van der Waals surface area contributed by atoms with Crippen LogP contribution in [-0.2, 0) is 9.47 Å². The van der Waals surface area contributed by atoms with Crippen molar-refractivity contribution in [2.24, 2.45) is 10.9 Å². The van der Waals surface area contributed by atoms with E-state index in [0.29, 0.717) is 19.4 Å². The molecule has 0 spiro atoms. The first kappa shape index (κ1) is 26.9. The van der Waals surface area contributed by atoms with Crippen molar-refractivity contribution < 1.29 is 24.2 Å². The summed E-state index contributed by atoms with van der Waals surface area (Å²) in [6.45, 7) is 1.49. The summed E-state index contributed by atoms with van der Waals surface area (Å²) in [6, 6.07) is 7.97. The molecule has 1 saturated heterocycles. The van der Waals surface area contributed by atoms with Gasteiger partial charge in [0.2, 0.25) is 17.8 Å². The molecule has 14 nitrogen and oxygen atoms in total. The number of hydrogen-bond acceptors (Lipinski definition) is 13. The van der Waals surface area contributed by atoms with Crippen LogP contribution in [0.3, 0.4) is 0 Å². The van der Waals surface area contributed by atoms with E-state index >= 15 is 0 Å². The molecule has 0 radical (unpaired) electrons. The molecular formula is C22H31N9O5Si-2. The van der Waals surface area contributed by atoms with Crippen molar-refractivity contribution in [1.29, 1.82) is 0 Å². The van der Waals surface area contributed by atoms with Crippen LogP contribution in [0.2, 0.25) is 12.6 Å². The number of ether oxygens (including phenoxy) is 2. The van der Waals surface area contributed by atoms with Crippen molar-refractivity contribution in [1.82, 2.24) is 19.5 Å². The van der Waals surface area contributed by atoms with Crippen molar-refractivity contribution in [3.8, 4) is 0 Å². The minimum absolute atomic E-state index is 0.106. The van der Waals surface area contributed by atoms with Gasteiger partial charge in [-0.2, -0.15) is 28.6 Å². The maximum atomic E-state index is 11.4. The van der Waals surface area contributed by atoms with E-state index in [0.717, 1.165) is 16.5 Å². The lowest BCUT2D eigenvalue weighted by Crippen LogP contribution is -2.59. The fraction of sp³-hybridized carbons (Fsp3) is 0.455. The van der Waals surface area contributed by atoms with Crippen molar-refractivity contribution >= 4 is 43.5 Å². The van der Waals surface area contributed by atoms with Gasteiger partial charge in [0.1, 0.15) is 12.3 Å². The van der Waals surface area contributed by atoms with Crippen LogP contribution in [0.5, 0.6) is 0 Å². The number of rotatable bonds is 12. The Bertz CT molecular complexity index is 1210. The summed E-state index contributed by atoms with van der Waals surface area (Å²) in [4.78, 5) is 35.2. The summed E-state index contributed by atoms with van der Waals surface area (Å²) in [5.41, 5.74) is 6.95. The highest BCUT2D eigenvalue weighted by atomic mass is 28.4. The molecule has 1 aromatic carbocycles. The summed E-state index contributed by atoms with van der Waals surface area (Å²) >= 11 is 0. The van der Waals surface area contributed by atoms with Gasteiger partial charge in [0, 0.05) is 37.2 Å². The van der Waals surface area contributed by atoms with Crippen LogP contribution in [0.25, 0.3) is 10.9 Å². The first-order valence-electron chi connectivity index (χ1n) is 11.9. The topological polar surface area (TPSA) is 203 Å². The lowest BCUT2D eigenvalue weighted by Gasteiger charge is -2.43. The number of fused-ring (bicyclic) bond motifs is 1. The van der Waals surface area contributed by atoms with Crippen molar-refractivity contribution in [2.45, 2.75) is 43.9 Å². The molecule has 3 atom stereocenters. The minimum atomic E-state index is -3.60. The number of nitrogens with zero attached hydrogens (tertiary/aromatic N) is 5. The molecule has 1 aliphatic heterocycles. The molecular weight excluding hydrogens is 498 g/mol. The molecule has 1 aliphatic rings. The number of aliphatic hydroxyl groups is 1. The molecule has 0 unspecified atom stereocenters. The predicted octanol–water partition coefficient (Wildman–Crippen LogP) is -0.553. The normalized spacial score (nSPS) is 20.1. The SMILES string of the molecule is CO[C@@H]1C[C@H](n2cc(C=NNc3nc(NN)nc(NCCC[Si](C)([O-])[O-])n3)c3ccccc32)O[C@@H]1CO. The Morgan fingerprint density at radius 3 is 2.73 bits per heavy atom. The molecule has 37 heavy (non-hydrogen) atoms. The zero-order valence-corrected chi connectivity index (χ0v) is 21.6. The van der Waals surface area contributed by atoms with Crippen LogP contribution in [0.4, 0.5) is 17.8 Å². The van der Waals surface area contributed by atoms with E-state index in [-0.39, 0.29) is 48.9 Å². The van der Waals surface area contributed by atoms with Gasteiger partial charge in [-0.05, 0) is 12.5 Å². The zero-order valence-electron chi connectivity index (χ0n) is 20.6. The summed E-state index contributed by atoms with van der Waals surface area (Å²) in [5.74, 6) is 5.95. The Morgan fingerprint density at radius 2 is 2.03 bits per heavy atom. The smallest absolute Gasteiger partial charge is 0.250 e. The van der Waals surface area contributed by atoms with E-state index in [4.69, 9.17) is 15.3 Å². The highest BCUT2D eigenvalue weighted by Crippen LogP contribution is 2.34. The van der Waals surface area contributed by atoms with Gasteiger partial charge in [0.05, 0.1) is 24.4 Å². The summed E-state index contributed by atoms with van der Waals surface area (Å²) in [7, 11) is -1.98. The number of aromatic nitrogens is 4. The predicted molar refractivity (Wildman–Crippen MR) is 137 cm³/mol. The van der Waals surface area contributed by atoms with Crippen LogP contribution in [0.15, 0.2) is 35.6 Å².